The average Bonchev–Trinajstić information content (AvgIpc) is 2.29. The van der Waals surface area contributed by atoms with E-state index in [1.165, 1.54) is 24.1 Å². The summed E-state index contributed by atoms with van der Waals surface area (Å²) in [5, 5.41) is 0. The number of nitrogen functional groups attached to an aromatic ring is 1. The van der Waals surface area contributed by atoms with E-state index in [1.807, 2.05) is 6.07 Å². The number of nitrogens with zero attached hydrogens (tertiary/aromatic N) is 1. The first-order chi connectivity index (χ1) is 8.20. The third-order valence-electron chi connectivity index (χ3n) is 3.48. The molecule has 0 radical (unpaired) electrons. The predicted molar refractivity (Wildman–Crippen MR) is 72.4 cm³/mol. The summed E-state index contributed by atoms with van der Waals surface area (Å²) in [6.45, 7) is 5.24. The molecule has 1 unspecified atom stereocenters. The number of hydrogen-bond acceptors (Lipinski definition) is 3. The van der Waals surface area contributed by atoms with Gasteiger partial charge in [-0.25, -0.2) is 0 Å². The van der Waals surface area contributed by atoms with Crippen LogP contribution in [0.15, 0.2) is 18.2 Å². The largest absolute Gasteiger partial charge is 0.399 e. The third kappa shape index (κ3) is 2.91. The van der Waals surface area contributed by atoms with Crippen molar-refractivity contribution < 1.29 is 4.74 Å². The second-order valence-electron chi connectivity index (χ2n) is 4.96. The van der Waals surface area contributed by atoms with Gasteiger partial charge in [0, 0.05) is 31.6 Å². The summed E-state index contributed by atoms with van der Waals surface area (Å²) < 4.78 is 5.27. The lowest BCUT2D eigenvalue weighted by atomic mass is 9.97. The van der Waals surface area contributed by atoms with Crippen molar-refractivity contribution in [2.45, 2.75) is 19.8 Å². The van der Waals surface area contributed by atoms with E-state index in [0.717, 1.165) is 25.4 Å². The lowest BCUT2D eigenvalue weighted by Gasteiger charge is -2.35. The Bertz CT molecular complexity index is 376. The predicted octanol–water partition coefficient (Wildman–Crippen LogP) is 2.44. The number of anilines is 2. The second kappa shape index (κ2) is 5.41. The molecule has 2 rings (SSSR count). The Morgan fingerprint density at radius 3 is 3.00 bits per heavy atom. The fraction of sp³-hybridized carbons (Fsp3) is 0.571. The van der Waals surface area contributed by atoms with Gasteiger partial charge in [0.2, 0.25) is 0 Å². The molecular weight excluding hydrogens is 212 g/mol. The van der Waals surface area contributed by atoms with Crippen molar-refractivity contribution in [1.29, 1.82) is 0 Å². The minimum Gasteiger partial charge on any atom is -0.399 e. The lowest BCUT2D eigenvalue weighted by Crippen LogP contribution is -2.37. The Morgan fingerprint density at radius 2 is 2.29 bits per heavy atom. The molecule has 1 aliphatic rings. The van der Waals surface area contributed by atoms with Crippen LogP contribution in [0.3, 0.4) is 0 Å². The first kappa shape index (κ1) is 12.2. The van der Waals surface area contributed by atoms with Gasteiger partial charge in [-0.15, -0.1) is 0 Å². The molecule has 2 N–H and O–H groups in total. The Morgan fingerprint density at radius 1 is 1.47 bits per heavy atom. The standard InChI is InChI=1S/C14H22N2O/c1-11-8-13(15)5-6-14(11)16-7-3-4-12(9-16)10-17-2/h5-6,8,12H,3-4,7,9-10,15H2,1-2H3. The maximum atomic E-state index is 5.79. The van der Waals surface area contributed by atoms with Crippen LogP contribution in [0.2, 0.25) is 0 Å². The Labute approximate surface area is 104 Å². The number of aryl methyl sites for hydroxylation is 1. The van der Waals surface area contributed by atoms with Crippen molar-refractivity contribution in [2.75, 3.05) is 37.4 Å². The van der Waals surface area contributed by atoms with Crippen LogP contribution in [0.1, 0.15) is 18.4 Å². The van der Waals surface area contributed by atoms with Crippen LogP contribution in [0.5, 0.6) is 0 Å². The molecule has 1 heterocycles. The molecule has 1 aromatic rings. The summed E-state index contributed by atoms with van der Waals surface area (Å²) >= 11 is 0. The van der Waals surface area contributed by atoms with E-state index in [0.29, 0.717) is 5.92 Å². The van der Waals surface area contributed by atoms with Crippen molar-refractivity contribution in [2.24, 2.45) is 5.92 Å². The summed E-state index contributed by atoms with van der Waals surface area (Å²) in [4.78, 5) is 2.46. The van der Waals surface area contributed by atoms with Gasteiger partial charge < -0.3 is 15.4 Å². The van der Waals surface area contributed by atoms with Crippen LogP contribution in [0, 0.1) is 12.8 Å². The third-order valence-corrected chi connectivity index (χ3v) is 3.48. The maximum absolute atomic E-state index is 5.79. The number of methoxy groups -OCH3 is 1. The van der Waals surface area contributed by atoms with Crippen LogP contribution in [-0.2, 0) is 4.74 Å². The Balaban J connectivity index is 2.10. The first-order valence-electron chi connectivity index (χ1n) is 6.30. The summed E-state index contributed by atoms with van der Waals surface area (Å²) in [5.41, 5.74) is 9.22. The molecular formula is C14H22N2O. The minimum atomic E-state index is 0.658. The fourth-order valence-corrected chi connectivity index (χ4v) is 2.69. The minimum absolute atomic E-state index is 0.658. The van der Waals surface area contributed by atoms with Gasteiger partial charge in [-0.1, -0.05) is 0 Å². The van der Waals surface area contributed by atoms with Crippen molar-refractivity contribution in [1.82, 2.24) is 0 Å². The maximum Gasteiger partial charge on any atom is 0.0507 e. The molecule has 1 fully saturated rings. The van der Waals surface area contributed by atoms with E-state index >= 15 is 0 Å². The van der Waals surface area contributed by atoms with E-state index in [-0.39, 0.29) is 0 Å². The van der Waals surface area contributed by atoms with Gasteiger partial charge in [0.1, 0.15) is 0 Å². The molecule has 0 aromatic heterocycles. The number of rotatable bonds is 3. The molecule has 94 valence electrons. The molecule has 0 amide bonds. The first-order valence-corrected chi connectivity index (χ1v) is 6.30. The smallest absolute Gasteiger partial charge is 0.0507 e. The van der Waals surface area contributed by atoms with Gasteiger partial charge in [0.15, 0.2) is 0 Å². The van der Waals surface area contributed by atoms with Gasteiger partial charge in [0.25, 0.3) is 0 Å². The van der Waals surface area contributed by atoms with Crippen molar-refractivity contribution in [3.63, 3.8) is 0 Å². The SMILES string of the molecule is COCC1CCCN(c2ccc(N)cc2C)C1. The van der Waals surface area contributed by atoms with Gasteiger partial charge in [-0.05, 0) is 49.4 Å². The quantitative estimate of drug-likeness (QED) is 0.816. The van der Waals surface area contributed by atoms with E-state index in [9.17, 15) is 0 Å². The normalized spacial score (nSPS) is 20.6. The zero-order chi connectivity index (χ0) is 12.3. The highest BCUT2D eigenvalue weighted by molar-refractivity contribution is 5.59. The molecule has 1 saturated heterocycles. The van der Waals surface area contributed by atoms with Crippen LogP contribution in [0.25, 0.3) is 0 Å². The monoisotopic (exact) mass is 234 g/mol. The molecule has 1 aromatic carbocycles. The summed E-state index contributed by atoms with van der Waals surface area (Å²) in [6, 6.07) is 6.18. The molecule has 17 heavy (non-hydrogen) atoms. The number of nitrogens with two attached hydrogens (primary N) is 1. The summed E-state index contributed by atoms with van der Waals surface area (Å²) in [6.07, 6.45) is 2.52. The van der Waals surface area contributed by atoms with Crippen LogP contribution >= 0.6 is 0 Å². The molecule has 3 nitrogen and oxygen atoms in total. The van der Waals surface area contributed by atoms with Crippen LogP contribution in [-0.4, -0.2) is 26.8 Å². The molecule has 1 atom stereocenters. The zero-order valence-corrected chi connectivity index (χ0v) is 10.8. The summed E-state index contributed by atoms with van der Waals surface area (Å²) in [5.74, 6) is 0.658. The highest BCUT2D eigenvalue weighted by Gasteiger charge is 2.20. The highest BCUT2D eigenvalue weighted by Crippen LogP contribution is 2.27. The van der Waals surface area contributed by atoms with Crippen molar-refractivity contribution in [3.8, 4) is 0 Å². The molecule has 0 saturated carbocycles. The van der Waals surface area contributed by atoms with Gasteiger partial charge in [0.05, 0.1) is 6.61 Å². The molecule has 1 aliphatic heterocycles. The van der Waals surface area contributed by atoms with Crippen molar-refractivity contribution >= 4 is 11.4 Å². The van der Waals surface area contributed by atoms with E-state index in [2.05, 4.69) is 24.0 Å². The second-order valence-corrected chi connectivity index (χ2v) is 4.96. The number of piperidine rings is 1. The van der Waals surface area contributed by atoms with Crippen LogP contribution in [0.4, 0.5) is 11.4 Å². The number of benzene rings is 1. The molecule has 0 bridgehead atoms. The molecule has 0 aliphatic carbocycles. The van der Waals surface area contributed by atoms with E-state index in [1.54, 1.807) is 7.11 Å². The van der Waals surface area contributed by atoms with Gasteiger partial charge in [-0.2, -0.15) is 0 Å². The molecule has 3 heteroatoms. The summed E-state index contributed by atoms with van der Waals surface area (Å²) in [7, 11) is 1.79. The Hall–Kier alpha value is -1.22. The Kier molecular flexibility index (Phi) is 3.89. The highest BCUT2D eigenvalue weighted by atomic mass is 16.5. The van der Waals surface area contributed by atoms with E-state index in [4.69, 9.17) is 10.5 Å². The van der Waals surface area contributed by atoms with E-state index < -0.39 is 0 Å². The van der Waals surface area contributed by atoms with Gasteiger partial charge in [-0.3, -0.25) is 0 Å². The zero-order valence-electron chi connectivity index (χ0n) is 10.8. The average molecular weight is 234 g/mol. The molecule has 0 spiro atoms. The van der Waals surface area contributed by atoms with Crippen LogP contribution < -0.4 is 10.6 Å². The number of hydrogen-bond donors (Lipinski definition) is 1. The lowest BCUT2D eigenvalue weighted by molar-refractivity contribution is 0.143. The topological polar surface area (TPSA) is 38.5 Å². The van der Waals surface area contributed by atoms with Gasteiger partial charge >= 0.3 is 0 Å². The fourth-order valence-electron chi connectivity index (χ4n) is 2.69. The van der Waals surface area contributed by atoms with Crippen molar-refractivity contribution in [3.05, 3.63) is 23.8 Å². The number of ether oxygens (including phenoxy) is 1.